The molecule has 0 N–H and O–H groups in total. The molecule has 0 bridgehead atoms. The molecular weight excluding hydrogens is 412 g/mol. The summed E-state index contributed by atoms with van der Waals surface area (Å²) < 4.78 is -0.428. The third-order valence-electron chi connectivity index (χ3n) is 2.45. The molecule has 66 valence electrons. The Morgan fingerprint density at radius 3 is 1.00 bits per heavy atom. The van der Waals surface area contributed by atoms with Crippen LogP contribution in [0.1, 0.15) is 0 Å². The summed E-state index contributed by atoms with van der Waals surface area (Å²) in [6.07, 6.45) is 0. The second-order valence-electron chi connectivity index (χ2n) is 4.62. The van der Waals surface area contributed by atoms with Crippen molar-refractivity contribution in [3.8, 4) is 0 Å². The first kappa shape index (κ1) is 11.3. The van der Waals surface area contributed by atoms with Crippen molar-refractivity contribution in [2.75, 3.05) is 0 Å². The molecule has 1 fully saturated rings. The van der Waals surface area contributed by atoms with E-state index in [1.165, 1.54) is 0 Å². The quantitative estimate of drug-likeness (QED) is 0.513. The van der Waals surface area contributed by atoms with Crippen LogP contribution >= 0.6 is 0 Å². The first-order chi connectivity index (χ1) is 4.66. The molecule has 0 radical (unpaired) electrons. The Morgan fingerprint density at radius 1 is 0.636 bits per heavy atom. The van der Waals surface area contributed by atoms with Crippen LogP contribution in [0.5, 0.6) is 0 Å². The second kappa shape index (κ2) is 3.12. The van der Waals surface area contributed by atoms with E-state index in [0.717, 1.165) is 0 Å². The molecule has 0 atom stereocenters. The Hall–Kier alpha value is 2.23. The van der Waals surface area contributed by atoms with Gasteiger partial charge in [0.05, 0.1) is 0 Å². The molecule has 1 aliphatic rings. The molecule has 0 aliphatic carbocycles. The molecule has 0 amide bonds. The van der Waals surface area contributed by atoms with Crippen LogP contribution in [0, 0.1) is 0 Å². The summed E-state index contributed by atoms with van der Waals surface area (Å²) in [5.41, 5.74) is 0. The van der Waals surface area contributed by atoms with E-state index in [1.54, 1.807) is 0 Å². The van der Waals surface area contributed by atoms with Gasteiger partial charge >= 0.3 is 91.4 Å². The van der Waals surface area contributed by atoms with Gasteiger partial charge in [0, 0.05) is 0 Å². The van der Waals surface area contributed by atoms with Crippen molar-refractivity contribution in [1.29, 1.82) is 0 Å². The van der Waals surface area contributed by atoms with E-state index in [0.29, 0.717) is 38.7 Å². The normalized spacial score (nSPS) is 32.2. The fourth-order valence-electron chi connectivity index (χ4n) is 1.50. The molecule has 0 unspecified atom stereocenters. The molecule has 0 spiro atoms. The Labute approximate surface area is 90.3 Å². The monoisotopic (exact) mass is 434 g/mol. The molecule has 1 heterocycles. The van der Waals surface area contributed by atoms with Crippen molar-refractivity contribution in [2.24, 2.45) is 0 Å². The van der Waals surface area contributed by atoms with Crippen molar-refractivity contribution in [3.05, 3.63) is 0 Å². The summed E-state index contributed by atoms with van der Waals surface area (Å²) >= 11 is 1.15. The summed E-state index contributed by atoms with van der Waals surface area (Å²) in [6, 6.07) is 0. The molecule has 0 aromatic rings. The van der Waals surface area contributed by atoms with E-state index in [2.05, 4.69) is 39.3 Å². The molecule has 5 heteroatoms. The average molecular weight is 430 g/mol. The van der Waals surface area contributed by atoms with Gasteiger partial charge < -0.3 is 0 Å². The van der Waals surface area contributed by atoms with Crippen LogP contribution in [0.3, 0.4) is 0 Å². The van der Waals surface area contributed by atoms with Gasteiger partial charge in [-0.1, -0.05) is 0 Å². The van der Waals surface area contributed by atoms with Crippen LogP contribution in [-0.2, 0) is 0 Å². The van der Waals surface area contributed by atoms with E-state index in [-0.39, 0.29) is 0 Å². The molecule has 0 aromatic heterocycles. The third kappa shape index (κ3) is 2.37. The summed E-state index contributed by atoms with van der Waals surface area (Å²) in [5.74, 6) is 0. The van der Waals surface area contributed by atoms with Gasteiger partial charge in [0.25, 0.3) is 0 Å². The fourth-order valence-corrected chi connectivity index (χ4v) is 317. The standard InChI is InChI=1S/C6H18Si3Te2/c1-7(2)8(3,4)11-9(5,6)10-7/h1-6H3. The summed E-state index contributed by atoms with van der Waals surface area (Å²) in [5, 5.41) is -1.03. The molecule has 0 saturated carbocycles. The second-order valence-corrected chi connectivity index (χ2v) is 82.3. The summed E-state index contributed by atoms with van der Waals surface area (Å²) in [4.78, 5) is 0. The third-order valence-corrected chi connectivity index (χ3v) is 152. The SMILES string of the molecule is C[Si]1(C)[Te][Si](C)(C)[Si](C)(C)[Te]1. The zero-order valence-electron chi connectivity index (χ0n) is 8.32. The molecule has 0 aromatic carbocycles. The molecule has 11 heavy (non-hydrogen) atoms. The van der Waals surface area contributed by atoms with Gasteiger partial charge in [-0.3, -0.25) is 0 Å². The van der Waals surface area contributed by atoms with Gasteiger partial charge in [-0.15, -0.1) is 0 Å². The fraction of sp³-hybridized carbons (Fsp3) is 1.00. The molecule has 1 saturated heterocycles. The van der Waals surface area contributed by atoms with Crippen molar-refractivity contribution >= 4 is 52.1 Å². The molecular formula is C6H18Si3Te2. The Balaban J connectivity index is 2.89. The zero-order valence-corrected chi connectivity index (χ0v) is 16.0. The average Bonchev–Trinajstić information content (AvgIpc) is 1.66. The maximum atomic E-state index is 2.73. The number of hydrogen-bond donors (Lipinski definition) is 0. The van der Waals surface area contributed by atoms with Gasteiger partial charge in [-0.05, 0) is 0 Å². The maximum absolute atomic E-state index is 2.73. The van der Waals surface area contributed by atoms with Crippen LogP contribution in [0.4, 0.5) is 0 Å². The predicted octanol–water partition coefficient (Wildman–Crippen LogP) is 1.60. The van der Waals surface area contributed by atoms with Gasteiger partial charge in [0.15, 0.2) is 0 Å². The Bertz CT molecular complexity index is 159. The van der Waals surface area contributed by atoms with E-state index in [4.69, 9.17) is 0 Å². The zero-order chi connectivity index (χ0) is 8.91. The topological polar surface area (TPSA) is 0 Å². The van der Waals surface area contributed by atoms with Crippen molar-refractivity contribution < 1.29 is 0 Å². The van der Waals surface area contributed by atoms with E-state index in [9.17, 15) is 0 Å². The van der Waals surface area contributed by atoms with Gasteiger partial charge in [-0.2, -0.15) is 0 Å². The minimum atomic E-state index is -0.515. The van der Waals surface area contributed by atoms with Crippen molar-refractivity contribution in [1.82, 2.24) is 0 Å². The van der Waals surface area contributed by atoms with Crippen LogP contribution in [-0.4, -0.2) is 52.1 Å². The van der Waals surface area contributed by atoms with Crippen LogP contribution < -0.4 is 0 Å². The Morgan fingerprint density at radius 2 is 0.909 bits per heavy atom. The Kier molecular flexibility index (Phi) is 3.21. The summed E-state index contributed by atoms with van der Waals surface area (Å²) in [6.45, 7) is 16.4. The molecule has 1 aliphatic heterocycles. The minimum absolute atomic E-state index is 0.428. The predicted molar refractivity (Wildman–Crippen MR) is 64.0 cm³/mol. The van der Waals surface area contributed by atoms with Crippen LogP contribution in [0.2, 0.25) is 39.3 Å². The van der Waals surface area contributed by atoms with E-state index < -0.39 is 13.4 Å². The summed E-state index contributed by atoms with van der Waals surface area (Å²) in [7, 11) is 0. The number of rotatable bonds is 0. The number of hydrogen-bond acceptors (Lipinski definition) is 0. The first-order valence-corrected chi connectivity index (χ1v) is 27.7. The van der Waals surface area contributed by atoms with E-state index >= 15 is 0 Å². The van der Waals surface area contributed by atoms with Gasteiger partial charge in [0.2, 0.25) is 0 Å². The van der Waals surface area contributed by atoms with Gasteiger partial charge in [0.1, 0.15) is 0 Å². The van der Waals surface area contributed by atoms with Crippen LogP contribution in [0.15, 0.2) is 0 Å². The van der Waals surface area contributed by atoms with E-state index in [1.807, 2.05) is 0 Å². The van der Waals surface area contributed by atoms with Crippen LogP contribution in [0.25, 0.3) is 0 Å². The van der Waals surface area contributed by atoms with Crippen molar-refractivity contribution in [3.63, 3.8) is 0 Å². The molecule has 0 nitrogen and oxygen atoms in total. The first-order valence-electron chi connectivity index (χ1n) is 4.07. The molecule has 1 rings (SSSR count). The van der Waals surface area contributed by atoms with Crippen molar-refractivity contribution in [2.45, 2.75) is 39.3 Å². The van der Waals surface area contributed by atoms with Gasteiger partial charge in [-0.25, -0.2) is 0 Å².